The van der Waals surface area contributed by atoms with Gasteiger partial charge in [0.05, 0.1) is 17.3 Å². The van der Waals surface area contributed by atoms with E-state index in [1.807, 2.05) is 18.2 Å². The van der Waals surface area contributed by atoms with Crippen LogP contribution < -0.4 is 15.4 Å². The van der Waals surface area contributed by atoms with Crippen LogP contribution >= 0.6 is 11.6 Å². The maximum Gasteiger partial charge on any atom is 0.319 e. The Kier molecular flexibility index (Phi) is 5.71. The highest BCUT2D eigenvalue weighted by atomic mass is 35.5. The molecule has 0 spiro atoms. The molecule has 0 atom stereocenters. The van der Waals surface area contributed by atoms with Crippen molar-refractivity contribution in [3.8, 4) is 17.3 Å². The minimum absolute atomic E-state index is 0.0998. The van der Waals surface area contributed by atoms with E-state index in [1.54, 1.807) is 30.3 Å². The van der Waals surface area contributed by atoms with E-state index in [0.29, 0.717) is 27.9 Å². The van der Waals surface area contributed by atoms with Gasteiger partial charge < -0.3 is 15.4 Å². The van der Waals surface area contributed by atoms with E-state index in [0.717, 1.165) is 0 Å². The maximum absolute atomic E-state index is 13.5. The highest BCUT2D eigenvalue weighted by Gasteiger charge is 2.13. The third kappa shape index (κ3) is 4.31. The molecular weight excluding hydrogens is 411 g/mol. The minimum Gasteiger partial charge on any atom is -0.475 e. The van der Waals surface area contributed by atoms with E-state index in [2.05, 4.69) is 25.9 Å². The van der Waals surface area contributed by atoms with Crippen LogP contribution in [0.4, 0.5) is 14.9 Å². The number of aromatic nitrogens is 4. The molecule has 0 radical (unpaired) electrons. The fraction of sp³-hybridized carbons (Fsp3) is 0.100. The molecule has 0 bridgehead atoms. The molecule has 0 saturated heterocycles. The number of fused-ring (bicyclic) bond motifs is 1. The highest BCUT2D eigenvalue weighted by Crippen LogP contribution is 2.26. The van der Waals surface area contributed by atoms with Gasteiger partial charge in [-0.1, -0.05) is 35.9 Å². The quantitative estimate of drug-likeness (QED) is 0.457. The lowest BCUT2D eigenvalue weighted by atomic mass is 10.2. The molecule has 2 N–H and O–H groups in total. The van der Waals surface area contributed by atoms with E-state index in [1.165, 1.54) is 16.6 Å². The predicted molar refractivity (Wildman–Crippen MR) is 110 cm³/mol. The van der Waals surface area contributed by atoms with Gasteiger partial charge >= 0.3 is 6.03 Å². The first-order valence-electron chi connectivity index (χ1n) is 9.01. The van der Waals surface area contributed by atoms with Crippen molar-refractivity contribution < 1.29 is 13.9 Å². The fourth-order valence-electron chi connectivity index (χ4n) is 2.71. The summed E-state index contributed by atoms with van der Waals surface area (Å²) in [6.45, 7) is 0.353. The van der Waals surface area contributed by atoms with Crippen LogP contribution in [0.15, 0.2) is 60.7 Å². The van der Waals surface area contributed by atoms with Gasteiger partial charge in [0, 0.05) is 11.6 Å². The summed E-state index contributed by atoms with van der Waals surface area (Å²) >= 11 is 6.25. The molecule has 10 heteroatoms. The number of hydrogen-bond donors (Lipinski definition) is 2. The molecule has 2 amide bonds. The normalized spacial score (nSPS) is 10.7. The first-order valence-corrected chi connectivity index (χ1v) is 9.39. The average molecular weight is 427 g/mol. The molecule has 2 heterocycles. The van der Waals surface area contributed by atoms with Crippen LogP contribution in [0, 0.1) is 5.82 Å². The first kappa shape index (κ1) is 19.6. The summed E-state index contributed by atoms with van der Waals surface area (Å²) in [5.41, 5.74) is 1.34. The van der Waals surface area contributed by atoms with Gasteiger partial charge in [-0.2, -0.15) is 4.52 Å². The smallest absolute Gasteiger partial charge is 0.319 e. The number of anilines is 1. The van der Waals surface area contributed by atoms with Gasteiger partial charge in [-0.25, -0.2) is 9.18 Å². The number of nitrogens with one attached hydrogen (secondary N) is 2. The molecule has 2 aromatic heterocycles. The number of halogens is 2. The van der Waals surface area contributed by atoms with E-state index in [-0.39, 0.29) is 18.8 Å². The number of nitrogens with zero attached hydrogens (tertiary/aromatic N) is 4. The van der Waals surface area contributed by atoms with Crippen molar-refractivity contribution >= 4 is 29.0 Å². The molecule has 152 valence electrons. The molecule has 0 unspecified atom stereocenters. The van der Waals surface area contributed by atoms with E-state index >= 15 is 0 Å². The molecule has 0 aliphatic rings. The second kappa shape index (κ2) is 8.75. The van der Waals surface area contributed by atoms with Gasteiger partial charge in [0.25, 0.3) is 0 Å². The number of carbonyl (C=O) groups is 1. The monoisotopic (exact) mass is 426 g/mol. The lowest BCUT2D eigenvalue weighted by Crippen LogP contribution is -2.32. The molecule has 0 aliphatic heterocycles. The van der Waals surface area contributed by atoms with Crippen LogP contribution in [0.5, 0.6) is 5.88 Å². The molecule has 4 aromatic rings. The number of benzene rings is 2. The number of hydrogen-bond acceptors (Lipinski definition) is 5. The SMILES string of the molecule is O=C(NCCOc1ccc2nnc(-c3ccccc3Cl)n2n1)Nc1ccccc1F. The van der Waals surface area contributed by atoms with Gasteiger partial charge in [-0.15, -0.1) is 15.3 Å². The van der Waals surface area contributed by atoms with Crippen LogP contribution in [-0.2, 0) is 0 Å². The highest BCUT2D eigenvalue weighted by molar-refractivity contribution is 6.33. The number of para-hydroxylation sites is 1. The largest absolute Gasteiger partial charge is 0.475 e. The Morgan fingerprint density at radius 3 is 2.70 bits per heavy atom. The van der Waals surface area contributed by atoms with Gasteiger partial charge in [-0.3, -0.25) is 0 Å². The Labute approximate surface area is 175 Å². The van der Waals surface area contributed by atoms with E-state index in [9.17, 15) is 9.18 Å². The number of urea groups is 1. The number of ether oxygens (including phenoxy) is 1. The lowest BCUT2D eigenvalue weighted by molar-refractivity contribution is 0.246. The average Bonchev–Trinajstić information content (AvgIpc) is 3.16. The third-order valence-corrected chi connectivity index (χ3v) is 4.44. The second-order valence-electron chi connectivity index (χ2n) is 6.15. The summed E-state index contributed by atoms with van der Waals surface area (Å²) in [6, 6.07) is 16.0. The van der Waals surface area contributed by atoms with Gasteiger partial charge in [-0.05, 0) is 30.3 Å². The summed E-state index contributed by atoms with van der Waals surface area (Å²) in [6.07, 6.45) is 0. The van der Waals surface area contributed by atoms with Crippen LogP contribution in [0.2, 0.25) is 5.02 Å². The lowest BCUT2D eigenvalue weighted by Gasteiger charge is -2.09. The topological polar surface area (TPSA) is 93.4 Å². The van der Waals surface area contributed by atoms with Crippen molar-refractivity contribution in [2.45, 2.75) is 0 Å². The number of rotatable bonds is 6. The molecule has 30 heavy (non-hydrogen) atoms. The fourth-order valence-corrected chi connectivity index (χ4v) is 2.93. The Hall–Kier alpha value is -3.72. The van der Waals surface area contributed by atoms with Crippen LogP contribution in [0.1, 0.15) is 0 Å². The standard InChI is InChI=1S/C20H16ClFN6O2/c21-14-6-2-1-5-13(14)19-26-25-17-9-10-18(27-28(17)19)30-12-11-23-20(29)24-16-8-4-3-7-15(16)22/h1-10H,11-12H2,(H2,23,24,29). The third-order valence-electron chi connectivity index (χ3n) is 4.11. The van der Waals surface area contributed by atoms with E-state index < -0.39 is 11.8 Å². The summed E-state index contributed by atoms with van der Waals surface area (Å²) in [4.78, 5) is 11.9. The summed E-state index contributed by atoms with van der Waals surface area (Å²) in [5, 5.41) is 18.2. The Morgan fingerprint density at radius 2 is 1.87 bits per heavy atom. The van der Waals surface area contributed by atoms with Crippen molar-refractivity contribution in [2.75, 3.05) is 18.5 Å². The van der Waals surface area contributed by atoms with Crippen molar-refractivity contribution in [3.63, 3.8) is 0 Å². The summed E-state index contributed by atoms with van der Waals surface area (Å²) in [7, 11) is 0. The van der Waals surface area contributed by atoms with Crippen molar-refractivity contribution in [2.24, 2.45) is 0 Å². The van der Waals surface area contributed by atoms with Crippen molar-refractivity contribution in [1.29, 1.82) is 0 Å². The molecule has 8 nitrogen and oxygen atoms in total. The van der Waals surface area contributed by atoms with Crippen LogP contribution in [-0.4, -0.2) is 39.0 Å². The maximum atomic E-state index is 13.5. The Bertz CT molecular complexity index is 1200. The zero-order chi connectivity index (χ0) is 20.9. The minimum atomic E-state index is -0.535. The first-order chi connectivity index (χ1) is 14.6. The molecular formula is C20H16ClFN6O2. The molecule has 4 rings (SSSR count). The van der Waals surface area contributed by atoms with Crippen molar-refractivity contribution in [1.82, 2.24) is 25.1 Å². The summed E-state index contributed by atoms with van der Waals surface area (Å²) < 4.78 is 20.7. The van der Waals surface area contributed by atoms with E-state index in [4.69, 9.17) is 16.3 Å². The molecule has 2 aromatic carbocycles. The van der Waals surface area contributed by atoms with Crippen LogP contribution in [0.25, 0.3) is 17.0 Å². The van der Waals surface area contributed by atoms with Crippen LogP contribution in [0.3, 0.4) is 0 Å². The second-order valence-corrected chi connectivity index (χ2v) is 6.56. The zero-order valence-electron chi connectivity index (χ0n) is 15.5. The summed E-state index contributed by atoms with van der Waals surface area (Å²) in [5.74, 6) is 0.306. The zero-order valence-corrected chi connectivity index (χ0v) is 16.3. The predicted octanol–water partition coefficient (Wildman–Crippen LogP) is 3.78. The number of amides is 2. The van der Waals surface area contributed by atoms with Gasteiger partial charge in [0.15, 0.2) is 11.5 Å². The molecule has 0 fully saturated rings. The van der Waals surface area contributed by atoms with Gasteiger partial charge in [0.1, 0.15) is 12.4 Å². The Morgan fingerprint density at radius 1 is 1.07 bits per heavy atom. The number of carbonyl (C=O) groups excluding carboxylic acids is 1. The molecule has 0 aliphatic carbocycles. The van der Waals surface area contributed by atoms with Gasteiger partial charge in [0.2, 0.25) is 5.88 Å². The Balaban J connectivity index is 1.37. The van der Waals surface area contributed by atoms with Crippen molar-refractivity contribution in [3.05, 3.63) is 71.5 Å². The molecule has 0 saturated carbocycles.